The van der Waals surface area contributed by atoms with Gasteiger partial charge in [-0.2, -0.15) is 0 Å². The topological polar surface area (TPSA) is 70.5 Å². The van der Waals surface area contributed by atoms with Gasteiger partial charge in [0, 0.05) is 10.6 Å². The van der Waals surface area contributed by atoms with Gasteiger partial charge >= 0.3 is 5.91 Å². The Kier molecular flexibility index (Phi) is 5.23. The first-order valence-electron chi connectivity index (χ1n) is 10.0. The van der Waals surface area contributed by atoms with Gasteiger partial charge in [-0.3, -0.25) is 14.5 Å². The Hall–Kier alpha value is -3.55. The minimum Gasteiger partial charge on any atom is -0.507 e. The molecule has 0 radical (unpaired) electrons. The second-order valence-electron chi connectivity index (χ2n) is 7.70. The summed E-state index contributed by atoms with van der Waals surface area (Å²) in [5, 5.41) is 11.9. The molecule has 2 heterocycles. The SMILES string of the molecule is Cc1ccc2nc(N3C(=O)C(=O)C(=C(O)c4ccc(F)cc4)[C@H]3c3ccc(Cl)cc3)sc2c1. The maximum absolute atomic E-state index is 13.4. The molecule has 1 fully saturated rings. The van der Waals surface area contributed by atoms with E-state index in [9.17, 15) is 19.1 Å². The van der Waals surface area contributed by atoms with Crippen molar-refractivity contribution in [3.05, 3.63) is 99.8 Å². The number of carbonyl (C=O) groups excluding carboxylic acids is 2. The number of anilines is 1. The number of hydrogen-bond donors (Lipinski definition) is 1. The van der Waals surface area contributed by atoms with Crippen LogP contribution in [0.3, 0.4) is 0 Å². The van der Waals surface area contributed by atoms with Crippen molar-refractivity contribution in [1.29, 1.82) is 0 Å². The molecule has 1 N–H and O–H groups in total. The lowest BCUT2D eigenvalue weighted by molar-refractivity contribution is -0.132. The van der Waals surface area contributed by atoms with E-state index in [-0.39, 0.29) is 16.9 Å². The molecule has 1 atom stereocenters. The van der Waals surface area contributed by atoms with Crippen LogP contribution in [0.2, 0.25) is 5.02 Å². The predicted molar refractivity (Wildman–Crippen MR) is 127 cm³/mol. The first-order chi connectivity index (χ1) is 15.8. The van der Waals surface area contributed by atoms with E-state index >= 15 is 0 Å². The molecule has 3 aromatic carbocycles. The summed E-state index contributed by atoms with van der Waals surface area (Å²) < 4.78 is 14.3. The van der Waals surface area contributed by atoms with Crippen LogP contribution in [0.15, 0.2) is 72.3 Å². The van der Waals surface area contributed by atoms with Gasteiger partial charge in [-0.15, -0.1) is 0 Å². The Morgan fingerprint density at radius 3 is 2.45 bits per heavy atom. The average Bonchev–Trinajstić information content (AvgIpc) is 3.32. The van der Waals surface area contributed by atoms with E-state index in [1.807, 2.05) is 25.1 Å². The van der Waals surface area contributed by atoms with E-state index in [1.54, 1.807) is 24.3 Å². The van der Waals surface area contributed by atoms with Crippen LogP contribution in [0.5, 0.6) is 0 Å². The number of amides is 1. The van der Waals surface area contributed by atoms with Crippen molar-refractivity contribution in [2.24, 2.45) is 0 Å². The first-order valence-corrected chi connectivity index (χ1v) is 11.2. The second kappa shape index (κ2) is 8.10. The number of hydrogen-bond acceptors (Lipinski definition) is 5. The lowest BCUT2D eigenvalue weighted by atomic mass is 9.95. The highest BCUT2D eigenvalue weighted by atomic mass is 35.5. The third-order valence-corrected chi connectivity index (χ3v) is 6.76. The van der Waals surface area contributed by atoms with Crippen LogP contribution in [-0.2, 0) is 9.59 Å². The molecule has 0 unspecified atom stereocenters. The lowest BCUT2D eigenvalue weighted by Gasteiger charge is -2.23. The summed E-state index contributed by atoms with van der Waals surface area (Å²) in [6.07, 6.45) is 0. The average molecular weight is 479 g/mol. The third-order valence-electron chi connectivity index (χ3n) is 5.49. The third kappa shape index (κ3) is 3.69. The zero-order chi connectivity index (χ0) is 23.3. The van der Waals surface area contributed by atoms with Crippen LogP contribution >= 0.6 is 22.9 Å². The molecule has 1 saturated heterocycles. The molecule has 5 nitrogen and oxygen atoms in total. The molecular formula is C25H16ClFN2O3S. The van der Waals surface area contributed by atoms with Gasteiger partial charge in [0.1, 0.15) is 11.6 Å². The Bertz CT molecular complexity index is 1450. The molecular weight excluding hydrogens is 463 g/mol. The Morgan fingerprint density at radius 1 is 1.06 bits per heavy atom. The number of aromatic nitrogens is 1. The van der Waals surface area contributed by atoms with E-state index in [4.69, 9.17) is 11.6 Å². The van der Waals surface area contributed by atoms with E-state index in [0.29, 0.717) is 21.2 Å². The smallest absolute Gasteiger partial charge is 0.301 e. The van der Waals surface area contributed by atoms with Crippen molar-refractivity contribution < 1.29 is 19.1 Å². The predicted octanol–water partition coefficient (Wildman–Crippen LogP) is 6.02. The number of rotatable bonds is 3. The fourth-order valence-corrected chi connectivity index (χ4v) is 5.09. The molecule has 33 heavy (non-hydrogen) atoms. The number of thiazole rings is 1. The normalized spacial score (nSPS) is 17.8. The fraction of sp³-hybridized carbons (Fsp3) is 0.0800. The van der Waals surface area contributed by atoms with Crippen LogP contribution in [0.4, 0.5) is 9.52 Å². The molecule has 1 aliphatic heterocycles. The molecule has 0 aliphatic carbocycles. The number of Topliss-reactive ketones (excluding diaryl/α,β-unsaturated/α-hetero) is 1. The van der Waals surface area contributed by atoms with Crippen LogP contribution in [0.25, 0.3) is 16.0 Å². The van der Waals surface area contributed by atoms with Crippen LogP contribution < -0.4 is 4.90 Å². The molecule has 0 saturated carbocycles. The number of aliphatic hydroxyl groups excluding tert-OH is 1. The van der Waals surface area contributed by atoms with Crippen molar-refractivity contribution in [1.82, 2.24) is 4.98 Å². The zero-order valence-corrected chi connectivity index (χ0v) is 18.8. The van der Waals surface area contributed by atoms with Crippen LogP contribution in [-0.4, -0.2) is 21.8 Å². The van der Waals surface area contributed by atoms with Gasteiger partial charge in [-0.05, 0) is 66.6 Å². The highest BCUT2D eigenvalue weighted by Crippen LogP contribution is 2.44. The number of aryl methyl sites for hydroxylation is 1. The maximum Gasteiger partial charge on any atom is 0.301 e. The van der Waals surface area contributed by atoms with E-state index in [1.165, 1.54) is 40.5 Å². The molecule has 5 rings (SSSR count). The fourth-order valence-electron chi connectivity index (χ4n) is 3.88. The highest BCUT2D eigenvalue weighted by Gasteiger charge is 2.48. The van der Waals surface area contributed by atoms with Gasteiger partial charge in [0.15, 0.2) is 5.13 Å². The molecule has 1 aliphatic rings. The van der Waals surface area contributed by atoms with Gasteiger partial charge in [0.05, 0.1) is 21.8 Å². The van der Waals surface area contributed by atoms with Gasteiger partial charge in [-0.25, -0.2) is 9.37 Å². The molecule has 1 amide bonds. The Morgan fingerprint density at radius 2 is 1.76 bits per heavy atom. The first kappa shape index (κ1) is 21.3. The number of carbonyl (C=O) groups is 2. The summed E-state index contributed by atoms with van der Waals surface area (Å²) in [5.74, 6) is -2.50. The van der Waals surface area contributed by atoms with Crippen molar-refractivity contribution in [2.45, 2.75) is 13.0 Å². The van der Waals surface area contributed by atoms with E-state index < -0.39 is 23.5 Å². The van der Waals surface area contributed by atoms with Gasteiger partial charge in [0.2, 0.25) is 0 Å². The number of halogens is 2. The number of ketones is 1. The number of nitrogens with zero attached hydrogens (tertiary/aromatic N) is 2. The van der Waals surface area contributed by atoms with Crippen molar-refractivity contribution in [3.63, 3.8) is 0 Å². The van der Waals surface area contributed by atoms with Gasteiger partial charge in [0.25, 0.3) is 5.78 Å². The van der Waals surface area contributed by atoms with E-state index in [0.717, 1.165) is 10.3 Å². The Labute approximate surface area is 197 Å². The summed E-state index contributed by atoms with van der Waals surface area (Å²) >= 11 is 7.34. The van der Waals surface area contributed by atoms with Crippen LogP contribution in [0, 0.1) is 12.7 Å². The van der Waals surface area contributed by atoms with Crippen LogP contribution in [0.1, 0.15) is 22.7 Å². The van der Waals surface area contributed by atoms with Gasteiger partial charge < -0.3 is 5.11 Å². The molecule has 8 heteroatoms. The molecule has 0 spiro atoms. The van der Waals surface area contributed by atoms with Crippen molar-refractivity contribution >= 4 is 55.7 Å². The number of benzene rings is 3. The Balaban J connectivity index is 1.73. The van der Waals surface area contributed by atoms with Gasteiger partial charge in [-0.1, -0.05) is 41.1 Å². The standard InChI is InChI=1S/C25H16ClFN2O3S/c1-13-2-11-18-19(12-13)33-25(28-18)29-21(14-3-7-16(26)8-4-14)20(23(31)24(29)32)22(30)15-5-9-17(27)10-6-15/h2-12,21,30H,1H3/t21-/m1/s1. The molecule has 4 aromatic rings. The summed E-state index contributed by atoms with van der Waals surface area (Å²) in [7, 11) is 0. The van der Waals surface area contributed by atoms with Crippen molar-refractivity contribution in [3.8, 4) is 0 Å². The molecule has 0 bridgehead atoms. The summed E-state index contributed by atoms with van der Waals surface area (Å²) in [5.41, 5.74) is 2.47. The largest absolute Gasteiger partial charge is 0.507 e. The minimum absolute atomic E-state index is 0.0932. The summed E-state index contributed by atoms with van der Waals surface area (Å²) in [6.45, 7) is 1.96. The second-order valence-corrected chi connectivity index (χ2v) is 9.14. The minimum atomic E-state index is -0.922. The monoisotopic (exact) mass is 478 g/mol. The number of fused-ring (bicyclic) bond motifs is 1. The number of aliphatic hydroxyl groups is 1. The maximum atomic E-state index is 13.4. The summed E-state index contributed by atoms with van der Waals surface area (Å²) in [4.78, 5) is 32.3. The molecule has 1 aromatic heterocycles. The lowest BCUT2D eigenvalue weighted by Crippen LogP contribution is -2.29. The van der Waals surface area contributed by atoms with E-state index in [2.05, 4.69) is 4.98 Å². The zero-order valence-electron chi connectivity index (χ0n) is 17.3. The highest BCUT2D eigenvalue weighted by molar-refractivity contribution is 7.22. The van der Waals surface area contributed by atoms with Crippen molar-refractivity contribution in [2.75, 3.05) is 4.90 Å². The quantitative estimate of drug-likeness (QED) is 0.222. The molecule has 164 valence electrons. The summed E-state index contributed by atoms with van der Waals surface area (Å²) in [6, 6.07) is 16.6.